The van der Waals surface area contributed by atoms with Crippen LogP contribution in [0.4, 0.5) is 0 Å². The van der Waals surface area contributed by atoms with Gasteiger partial charge in [-0.1, -0.05) is 24.3 Å². The van der Waals surface area contributed by atoms with Gasteiger partial charge in [0, 0.05) is 37.8 Å². The minimum Gasteiger partial charge on any atom is -0.379 e. The Morgan fingerprint density at radius 1 is 1.26 bits per heavy atom. The predicted molar refractivity (Wildman–Crippen MR) is 136 cm³/mol. The smallest absolute Gasteiger partial charge is 0.274 e. The zero-order chi connectivity index (χ0) is 26.1. The molecule has 0 fully saturated rings. The highest BCUT2D eigenvalue weighted by Gasteiger charge is 2.23. The number of rotatable bonds is 10. The van der Waals surface area contributed by atoms with Gasteiger partial charge in [-0.3, -0.25) is 9.48 Å². The van der Waals surface area contributed by atoms with Gasteiger partial charge in [-0.05, 0) is 28.1 Å². The van der Waals surface area contributed by atoms with Crippen LogP contribution in [0.3, 0.4) is 0 Å². The number of benzene rings is 1. The van der Waals surface area contributed by atoms with E-state index in [9.17, 15) is 21.6 Å². The molecule has 0 aliphatic rings. The Bertz CT molecular complexity index is 1510. The molecule has 11 nitrogen and oxygen atoms in total. The monoisotopic (exact) mass is 607 g/mol. The largest absolute Gasteiger partial charge is 0.379 e. The maximum Gasteiger partial charge on any atom is 0.274 e. The first-order chi connectivity index (χ1) is 16.3. The van der Waals surface area contributed by atoms with E-state index in [2.05, 4.69) is 32.7 Å². The molecule has 15 heteroatoms. The van der Waals surface area contributed by atoms with Crippen molar-refractivity contribution in [3.05, 3.63) is 45.8 Å². The molecule has 0 bridgehead atoms. The summed E-state index contributed by atoms with van der Waals surface area (Å²) in [6.45, 7) is 3.89. The summed E-state index contributed by atoms with van der Waals surface area (Å²) in [5.41, 5.74) is 0.961. The molecular formula is C20H23BrClN5O6S2. The summed E-state index contributed by atoms with van der Waals surface area (Å²) < 4.78 is 57.4. The van der Waals surface area contributed by atoms with Crippen LogP contribution in [-0.2, 0) is 31.6 Å². The van der Waals surface area contributed by atoms with Gasteiger partial charge >= 0.3 is 0 Å². The second-order valence-corrected chi connectivity index (χ2v) is 12.7. The van der Waals surface area contributed by atoms with Crippen LogP contribution in [0.5, 0.6) is 0 Å². The molecule has 1 amide bonds. The number of sulfone groups is 1. The van der Waals surface area contributed by atoms with Crippen LogP contribution in [-0.4, -0.2) is 85.4 Å². The third kappa shape index (κ3) is 5.94. The van der Waals surface area contributed by atoms with Crippen LogP contribution in [0, 0.1) is 0 Å². The summed E-state index contributed by atoms with van der Waals surface area (Å²) in [7, 11) is -4.26. The zero-order valence-corrected chi connectivity index (χ0v) is 23.1. The van der Waals surface area contributed by atoms with Gasteiger partial charge in [0.15, 0.2) is 15.5 Å². The molecule has 190 valence electrons. The van der Waals surface area contributed by atoms with E-state index in [-0.39, 0.29) is 62.5 Å². The molecule has 2 aromatic heterocycles. The molecule has 0 saturated carbocycles. The van der Waals surface area contributed by atoms with Crippen LogP contribution in [0.25, 0.3) is 17.0 Å². The minimum atomic E-state index is -3.80. The van der Waals surface area contributed by atoms with Crippen molar-refractivity contribution in [1.29, 1.82) is 0 Å². The lowest BCUT2D eigenvalue weighted by molar-refractivity contribution is 0.0705. The van der Waals surface area contributed by atoms with E-state index in [1.54, 1.807) is 26.4 Å². The van der Waals surface area contributed by atoms with Gasteiger partial charge in [0.1, 0.15) is 10.1 Å². The second kappa shape index (κ2) is 10.4. The first-order valence-electron chi connectivity index (χ1n) is 10.1. The van der Waals surface area contributed by atoms with Crippen molar-refractivity contribution < 1.29 is 26.4 Å². The highest BCUT2D eigenvalue weighted by molar-refractivity contribution is 9.10. The highest BCUT2D eigenvalue weighted by Crippen LogP contribution is 2.33. The van der Waals surface area contributed by atoms with E-state index < -0.39 is 19.9 Å². The number of aryl methyl sites for hydroxylation is 1. The van der Waals surface area contributed by atoms with E-state index in [1.807, 2.05) is 0 Å². The number of nitrogens with zero attached hydrogens (tertiary/aromatic N) is 5. The summed E-state index contributed by atoms with van der Waals surface area (Å²) in [5.74, 6) is -0.648. The Morgan fingerprint density at radius 3 is 2.57 bits per heavy atom. The first kappa shape index (κ1) is 27.3. The number of carbonyl (C=O) groups excluding carboxylic acids is 1. The summed E-state index contributed by atoms with van der Waals surface area (Å²) in [5, 5.41) is 8.21. The van der Waals surface area contributed by atoms with Gasteiger partial charge in [0.25, 0.3) is 15.9 Å². The third-order valence-corrected chi connectivity index (χ3v) is 8.42. The molecule has 1 aromatic carbocycles. The molecule has 0 unspecified atom stereocenters. The second-order valence-electron chi connectivity index (χ2n) is 7.67. The van der Waals surface area contributed by atoms with Crippen LogP contribution in [0.2, 0.25) is 5.02 Å². The Morgan fingerprint density at radius 2 is 1.94 bits per heavy atom. The lowest BCUT2D eigenvalue weighted by Crippen LogP contribution is -2.31. The fourth-order valence-electron chi connectivity index (χ4n) is 3.22. The lowest BCUT2D eigenvalue weighted by atomic mass is 10.2. The van der Waals surface area contributed by atoms with E-state index in [1.165, 1.54) is 21.7 Å². The molecule has 2 heterocycles. The summed E-state index contributed by atoms with van der Waals surface area (Å²) in [4.78, 5) is 13.9. The van der Waals surface area contributed by atoms with Gasteiger partial charge in [-0.15, -0.1) is 5.10 Å². The zero-order valence-electron chi connectivity index (χ0n) is 19.1. The average molecular weight is 609 g/mol. The number of amides is 1. The minimum absolute atomic E-state index is 0.0702. The average Bonchev–Trinajstić information content (AvgIpc) is 3.32. The molecule has 3 rings (SSSR count). The molecule has 3 aromatic rings. The Kier molecular flexibility index (Phi) is 8.11. The summed E-state index contributed by atoms with van der Waals surface area (Å²) >= 11 is 9.38. The van der Waals surface area contributed by atoms with Crippen molar-refractivity contribution in [1.82, 2.24) is 23.9 Å². The van der Waals surface area contributed by atoms with Crippen molar-refractivity contribution in [3.8, 4) is 0 Å². The maximum atomic E-state index is 12.8. The molecule has 0 N–H and O–H groups in total. The van der Waals surface area contributed by atoms with Gasteiger partial charge in [0.05, 0.1) is 35.1 Å². The molecule has 0 aliphatic carbocycles. The molecule has 0 spiro atoms. The molecule has 0 aliphatic heterocycles. The summed E-state index contributed by atoms with van der Waals surface area (Å²) in [6.07, 6.45) is 4.19. The number of ether oxygens (including phenoxy) is 1. The number of hydrogen-bond donors (Lipinski definition) is 0. The van der Waals surface area contributed by atoms with Crippen LogP contribution in [0.15, 0.2) is 34.4 Å². The number of likely N-dealkylation sites (N-methyl/N-ethyl adjacent to an activating group) is 1. The van der Waals surface area contributed by atoms with Crippen molar-refractivity contribution in [2.24, 2.45) is 7.05 Å². The topological polar surface area (TPSA) is 133 Å². The van der Waals surface area contributed by atoms with Crippen LogP contribution in [0.1, 0.15) is 16.1 Å². The van der Waals surface area contributed by atoms with E-state index in [0.29, 0.717) is 5.56 Å². The van der Waals surface area contributed by atoms with Crippen molar-refractivity contribution in [2.75, 3.05) is 38.8 Å². The fraction of sp³-hybridized carbons (Fsp3) is 0.350. The Balaban J connectivity index is 1.63. The highest BCUT2D eigenvalue weighted by atomic mass is 79.9. The fourth-order valence-corrected chi connectivity index (χ4v) is 6.13. The quantitative estimate of drug-likeness (QED) is 0.320. The standard InChI is InChI=1S/C20H23BrClN5O6S2/c1-5-13-12-26(3)23-17(13)20(28)25(2)6-7-33-8-9-35(31,32)14-10-15-18(16(22)11-14)27(24-19(15)21)34(4,29)30/h5,10-12H,1,6-9H2,2-4H3. The number of carbonyl (C=O) groups is 1. The molecular weight excluding hydrogens is 586 g/mol. The normalized spacial score (nSPS) is 12.3. The van der Waals surface area contributed by atoms with E-state index in [0.717, 1.165) is 10.3 Å². The van der Waals surface area contributed by atoms with Gasteiger partial charge in [0.2, 0.25) is 0 Å². The summed E-state index contributed by atoms with van der Waals surface area (Å²) in [6, 6.07) is 2.50. The molecule has 0 saturated heterocycles. The maximum absolute atomic E-state index is 12.8. The van der Waals surface area contributed by atoms with Crippen molar-refractivity contribution in [3.63, 3.8) is 0 Å². The number of halogens is 2. The first-order valence-corrected chi connectivity index (χ1v) is 14.7. The van der Waals surface area contributed by atoms with Gasteiger partial charge in [-0.2, -0.15) is 9.19 Å². The lowest BCUT2D eigenvalue weighted by Gasteiger charge is -2.16. The van der Waals surface area contributed by atoms with Crippen molar-refractivity contribution >= 4 is 70.3 Å². The van der Waals surface area contributed by atoms with Crippen molar-refractivity contribution in [2.45, 2.75) is 4.90 Å². The number of aromatic nitrogens is 4. The number of fused-ring (bicyclic) bond motifs is 1. The Labute approximate surface area is 216 Å². The molecule has 0 radical (unpaired) electrons. The predicted octanol–water partition coefficient (Wildman–Crippen LogP) is 2.20. The van der Waals surface area contributed by atoms with Crippen LogP contribution < -0.4 is 0 Å². The Hall–Kier alpha value is -2.26. The number of hydrogen-bond acceptors (Lipinski definition) is 8. The molecule has 0 atom stereocenters. The van der Waals surface area contributed by atoms with Gasteiger partial charge < -0.3 is 9.64 Å². The van der Waals surface area contributed by atoms with Gasteiger partial charge in [-0.25, -0.2) is 16.8 Å². The van der Waals surface area contributed by atoms with E-state index >= 15 is 0 Å². The third-order valence-electron chi connectivity index (χ3n) is 5.00. The molecule has 35 heavy (non-hydrogen) atoms. The van der Waals surface area contributed by atoms with E-state index in [4.69, 9.17) is 16.3 Å². The SMILES string of the molecule is C=Cc1cn(C)nc1C(=O)N(C)CCOCCS(=O)(=O)c1cc(Cl)c2c(c1)c(Br)nn2S(C)(=O)=O. The van der Waals surface area contributed by atoms with Crippen LogP contribution >= 0.6 is 27.5 Å².